The summed E-state index contributed by atoms with van der Waals surface area (Å²) in [5, 5.41) is 65.1. The van der Waals surface area contributed by atoms with Crippen LogP contribution in [0.5, 0.6) is 0 Å². The fourth-order valence-corrected chi connectivity index (χ4v) is 0.982. The lowest BCUT2D eigenvalue weighted by atomic mass is 10.0. The molecule has 0 bridgehead atoms. The first-order chi connectivity index (χ1) is 7.19. The molecule has 8 heteroatoms. The van der Waals surface area contributed by atoms with Gasteiger partial charge in [-0.2, -0.15) is 0 Å². The van der Waals surface area contributed by atoms with Crippen molar-refractivity contribution in [2.75, 3.05) is 13.2 Å². The van der Waals surface area contributed by atoms with Crippen LogP contribution >= 0.6 is 0 Å². The summed E-state index contributed by atoms with van der Waals surface area (Å²) in [7, 11) is 0. The molecule has 8 N–H and O–H groups in total. The van der Waals surface area contributed by atoms with Crippen molar-refractivity contribution in [1.82, 2.24) is 5.32 Å². The van der Waals surface area contributed by atoms with E-state index in [4.69, 9.17) is 20.4 Å². The molecule has 0 rings (SSSR count). The van der Waals surface area contributed by atoms with Crippen LogP contribution in [0.25, 0.3) is 0 Å². The Kier molecular flexibility index (Phi) is 6.30. The molecule has 8 nitrogen and oxygen atoms in total. The van der Waals surface area contributed by atoms with Crippen molar-refractivity contribution in [3.05, 3.63) is 0 Å². The number of nitrogens with one attached hydrogen (secondary N) is 1. The predicted octanol–water partition coefficient (Wildman–Crippen LogP) is -4.33. The fourth-order valence-electron chi connectivity index (χ4n) is 0.982. The highest BCUT2D eigenvalue weighted by atomic mass is 16.5. The van der Waals surface area contributed by atoms with Gasteiger partial charge in [0, 0.05) is 13.5 Å². The van der Waals surface area contributed by atoms with E-state index in [-0.39, 0.29) is 0 Å². The highest BCUT2D eigenvalue weighted by Gasteiger charge is 2.30. The minimum Gasteiger partial charge on any atom is -0.394 e. The second-order valence-electron chi connectivity index (χ2n) is 3.70. The van der Waals surface area contributed by atoms with Gasteiger partial charge in [-0.1, -0.05) is 0 Å². The van der Waals surface area contributed by atoms with E-state index < -0.39 is 43.5 Å². The summed E-state index contributed by atoms with van der Waals surface area (Å²) in [5.74, 6) is -2.22. The molecule has 0 heterocycles. The summed E-state index contributed by atoms with van der Waals surface area (Å²) in [6, 6.07) is 0. The first-order valence-corrected chi connectivity index (χ1v) is 4.72. The Morgan fingerprint density at radius 2 is 1.44 bits per heavy atom. The average Bonchev–Trinajstić information content (AvgIpc) is 2.21. The van der Waals surface area contributed by atoms with E-state index in [0.717, 1.165) is 6.92 Å². The number of rotatable bonds is 7. The molecule has 0 radical (unpaired) electrons. The van der Waals surface area contributed by atoms with E-state index in [1.54, 1.807) is 0 Å². The fraction of sp³-hybridized carbons (Fsp3) is 1.00. The summed E-state index contributed by atoms with van der Waals surface area (Å²) in [4.78, 5) is 0. The first kappa shape index (κ1) is 15.7. The summed E-state index contributed by atoms with van der Waals surface area (Å²) in [6.45, 7) is -0.179. The predicted molar refractivity (Wildman–Crippen MR) is 52.0 cm³/mol. The SMILES string of the molecule is CC(O)(O)NCC(O)C(O)C(O)C(O)CO. The maximum Gasteiger partial charge on any atom is 0.219 e. The van der Waals surface area contributed by atoms with Gasteiger partial charge >= 0.3 is 0 Å². The average molecular weight is 241 g/mol. The smallest absolute Gasteiger partial charge is 0.219 e. The lowest BCUT2D eigenvalue weighted by Crippen LogP contribution is -2.52. The Morgan fingerprint density at radius 3 is 1.81 bits per heavy atom. The van der Waals surface area contributed by atoms with Gasteiger partial charge in [-0.15, -0.1) is 0 Å². The van der Waals surface area contributed by atoms with E-state index >= 15 is 0 Å². The molecule has 0 aliphatic rings. The summed E-state index contributed by atoms with van der Waals surface area (Å²) >= 11 is 0. The summed E-state index contributed by atoms with van der Waals surface area (Å²) in [5.41, 5.74) is 0. The standard InChI is InChI=1S/C8H19NO7/c1-8(15,16)9-2-4(11)6(13)7(14)5(12)3-10/h4-7,9-16H,2-3H2,1H3. The zero-order valence-corrected chi connectivity index (χ0v) is 8.85. The van der Waals surface area contributed by atoms with Gasteiger partial charge in [0.2, 0.25) is 5.91 Å². The lowest BCUT2D eigenvalue weighted by molar-refractivity contribution is -0.178. The minimum absolute atomic E-state index is 0.417. The van der Waals surface area contributed by atoms with Crippen molar-refractivity contribution in [2.45, 2.75) is 37.3 Å². The zero-order chi connectivity index (χ0) is 12.9. The molecule has 0 saturated heterocycles. The van der Waals surface area contributed by atoms with Crippen molar-refractivity contribution in [3.63, 3.8) is 0 Å². The zero-order valence-electron chi connectivity index (χ0n) is 8.85. The maximum atomic E-state index is 9.31. The summed E-state index contributed by atoms with van der Waals surface area (Å²) in [6.07, 6.45) is -6.57. The van der Waals surface area contributed by atoms with Crippen LogP contribution in [-0.2, 0) is 0 Å². The second kappa shape index (κ2) is 6.42. The van der Waals surface area contributed by atoms with Crippen LogP contribution in [0, 0.1) is 0 Å². The van der Waals surface area contributed by atoms with E-state index in [9.17, 15) is 15.3 Å². The Hall–Kier alpha value is -0.320. The van der Waals surface area contributed by atoms with Gasteiger partial charge in [0.1, 0.15) is 18.3 Å². The molecule has 4 atom stereocenters. The third-order valence-electron chi connectivity index (χ3n) is 1.97. The van der Waals surface area contributed by atoms with Gasteiger partial charge in [0.05, 0.1) is 12.7 Å². The molecule has 0 aliphatic carbocycles. The van der Waals surface area contributed by atoms with Crippen LogP contribution in [0.2, 0.25) is 0 Å². The highest BCUT2D eigenvalue weighted by Crippen LogP contribution is 2.05. The van der Waals surface area contributed by atoms with Gasteiger partial charge in [-0.05, 0) is 0 Å². The molecule has 0 aliphatic heterocycles. The topological polar surface area (TPSA) is 154 Å². The van der Waals surface area contributed by atoms with Gasteiger partial charge in [0.15, 0.2) is 0 Å². The van der Waals surface area contributed by atoms with Crippen molar-refractivity contribution in [3.8, 4) is 0 Å². The Morgan fingerprint density at radius 1 is 1.00 bits per heavy atom. The molecule has 4 unspecified atom stereocenters. The number of aliphatic hydroxyl groups excluding tert-OH is 5. The monoisotopic (exact) mass is 241 g/mol. The third kappa shape index (κ3) is 5.68. The van der Waals surface area contributed by atoms with Crippen molar-refractivity contribution in [2.24, 2.45) is 0 Å². The maximum absolute atomic E-state index is 9.31. The van der Waals surface area contributed by atoms with E-state index in [1.807, 2.05) is 0 Å². The van der Waals surface area contributed by atoms with Gasteiger partial charge in [-0.25, -0.2) is 0 Å². The van der Waals surface area contributed by atoms with Crippen molar-refractivity contribution < 1.29 is 35.7 Å². The molecular weight excluding hydrogens is 222 g/mol. The highest BCUT2D eigenvalue weighted by molar-refractivity contribution is 4.82. The number of hydrogen-bond acceptors (Lipinski definition) is 8. The van der Waals surface area contributed by atoms with Crippen LogP contribution in [0.4, 0.5) is 0 Å². The molecule has 98 valence electrons. The molecule has 0 amide bonds. The quantitative estimate of drug-likeness (QED) is 0.208. The largest absolute Gasteiger partial charge is 0.394 e. The molecule has 0 aromatic heterocycles. The van der Waals surface area contributed by atoms with E-state index in [2.05, 4.69) is 5.32 Å². The number of hydrogen-bond donors (Lipinski definition) is 8. The number of aliphatic hydroxyl groups is 7. The van der Waals surface area contributed by atoms with Crippen LogP contribution < -0.4 is 5.32 Å². The van der Waals surface area contributed by atoms with Crippen LogP contribution in [0.15, 0.2) is 0 Å². The normalized spacial score (nSPS) is 20.2. The molecule has 0 aromatic carbocycles. The molecule has 16 heavy (non-hydrogen) atoms. The summed E-state index contributed by atoms with van der Waals surface area (Å²) < 4.78 is 0. The van der Waals surface area contributed by atoms with Gasteiger partial charge in [-0.3, -0.25) is 5.32 Å². The molecule has 0 spiro atoms. The third-order valence-corrected chi connectivity index (χ3v) is 1.97. The van der Waals surface area contributed by atoms with Crippen LogP contribution in [0.1, 0.15) is 6.92 Å². The first-order valence-electron chi connectivity index (χ1n) is 4.72. The van der Waals surface area contributed by atoms with Crippen molar-refractivity contribution in [1.29, 1.82) is 0 Å². The lowest BCUT2D eigenvalue weighted by Gasteiger charge is -2.27. The molecule has 0 saturated carbocycles. The Labute approximate surface area is 92.4 Å². The minimum atomic E-state index is -2.22. The Balaban J connectivity index is 4.12. The van der Waals surface area contributed by atoms with Gasteiger partial charge < -0.3 is 35.7 Å². The van der Waals surface area contributed by atoms with E-state index in [0.29, 0.717) is 0 Å². The van der Waals surface area contributed by atoms with Crippen LogP contribution in [-0.4, -0.2) is 79.2 Å². The van der Waals surface area contributed by atoms with Crippen LogP contribution in [0.3, 0.4) is 0 Å². The molecule has 0 fully saturated rings. The van der Waals surface area contributed by atoms with Crippen molar-refractivity contribution >= 4 is 0 Å². The molecular formula is C8H19NO7. The molecule has 0 aromatic rings. The van der Waals surface area contributed by atoms with Gasteiger partial charge in [0.25, 0.3) is 0 Å². The second-order valence-corrected chi connectivity index (χ2v) is 3.70. The Bertz CT molecular complexity index is 195. The van der Waals surface area contributed by atoms with E-state index in [1.165, 1.54) is 0 Å².